The van der Waals surface area contributed by atoms with Gasteiger partial charge in [-0.3, -0.25) is 9.59 Å². The van der Waals surface area contributed by atoms with Gasteiger partial charge in [-0.1, -0.05) is 50.8 Å². The molecule has 1 aliphatic carbocycles. The highest BCUT2D eigenvalue weighted by Gasteiger charge is 2.28. The molecule has 0 spiro atoms. The summed E-state index contributed by atoms with van der Waals surface area (Å²) in [6.07, 6.45) is 12.3. The molecule has 1 aliphatic rings. The first-order chi connectivity index (χ1) is 13.6. The Hall–Kier alpha value is -2.10. The van der Waals surface area contributed by atoms with Crippen LogP contribution in [0.15, 0.2) is 30.5 Å². The number of ketones is 1. The normalized spacial score (nSPS) is 19.8. The number of unbranched alkanes of at least 4 members (excludes halogenated alkanes) is 2. The van der Waals surface area contributed by atoms with Crippen molar-refractivity contribution in [1.29, 1.82) is 0 Å². The topological polar surface area (TPSA) is 59.3 Å². The lowest BCUT2D eigenvalue weighted by Crippen LogP contribution is -2.22. The molecular weight excluding hydrogens is 350 g/mol. The second-order valence-electron chi connectivity index (χ2n) is 8.33. The number of rotatable bonds is 10. The standard InChI is InChI=1S/C24H33NO3/c1-2-3-4-8-18-12-14-19(15-13-18)24(28)21-17-25(16-7-11-23(26)27)22-10-6-5-9-20(21)22/h5-6,9-10,17-19H,2-4,7-8,11-16H2,1H3,(H,26,27). The first kappa shape index (κ1) is 20.6. The maximum atomic E-state index is 13.3. The number of hydrogen-bond acceptors (Lipinski definition) is 2. The summed E-state index contributed by atoms with van der Waals surface area (Å²) >= 11 is 0. The number of carboxylic acids is 1. The van der Waals surface area contributed by atoms with Crippen molar-refractivity contribution in [3.8, 4) is 0 Å². The summed E-state index contributed by atoms with van der Waals surface area (Å²) < 4.78 is 2.06. The Kier molecular flexibility index (Phi) is 7.30. The summed E-state index contributed by atoms with van der Waals surface area (Å²) in [5.74, 6) is 0.442. The van der Waals surface area contributed by atoms with E-state index in [0.29, 0.717) is 13.0 Å². The van der Waals surface area contributed by atoms with Gasteiger partial charge < -0.3 is 9.67 Å². The number of aromatic nitrogens is 1. The fraction of sp³-hybridized carbons (Fsp3) is 0.583. The third kappa shape index (κ3) is 5.03. The van der Waals surface area contributed by atoms with Crippen LogP contribution in [0.4, 0.5) is 0 Å². The van der Waals surface area contributed by atoms with Crippen LogP contribution in [-0.4, -0.2) is 21.4 Å². The molecule has 1 saturated carbocycles. The van der Waals surface area contributed by atoms with Crippen LogP contribution < -0.4 is 0 Å². The van der Waals surface area contributed by atoms with E-state index >= 15 is 0 Å². The van der Waals surface area contributed by atoms with E-state index in [-0.39, 0.29) is 18.1 Å². The van der Waals surface area contributed by atoms with Crippen molar-refractivity contribution >= 4 is 22.7 Å². The predicted molar refractivity (Wildman–Crippen MR) is 113 cm³/mol. The molecular formula is C24H33NO3. The van der Waals surface area contributed by atoms with Crippen LogP contribution in [0, 0.1) is 11.8 Å². The van der Waals surface area contributed by atoms with Crippen LogP contribution in [0.3, 0.4) is 0 Å². The van der Waals surface area contributed by atoms with Gasteiger partial charge in [-0.25, -0.2) is 0 Å². The molecule has 1 N–H and O–H groups in total. The van der Waals surface area contributed by atoms with Gasteiger partial charge in [0.25, 0.3) is 0 Å². The number of nitrogens with zero attached hydrogens (tertiary/aromatic N) is 1. The van der Waals surface area contributed by atoms with Gasteiger partial charge in [-0.15, -0.1) is 0 Å². The van der Waals surface area contributed by atoms with E-state index in [9.17, 15) is 9.59 Å². The molecule has 1 fully saturated rings. The lowest BCUT2D eigenvalue weighted by atomic mass is 9.77. The second kappa shape index (κ2) is 9.90. The third-order valence-corrected chi connectivity index (χ3v) is 6.28. The molecule has 152 valence electrons. The first-order valence-electron chi connectivity index (χ1n) is 10.9. The van der Waals surface area contributed by atoms with Crippen molar-refractivity contribution in [1.82, 2.24) is 4.57 Å². The minimum atomic E-state index is -0.775. The minimum absolute atomic E-state index is 0.140. The van der Waals surface area contributed by atoms with Crippen molar-refractivity contribution in [3.63, 3.8) is 0 Å². The number of aryl methyl sites for hydroxylation is 1. The molecule has 1 aromatic heterocycles. The van der Waals surface area contributed by atoms with Gasteiger partial charge in [-0.05, 0) is 44.1 Å². The smallest absolute Gasteiger partial charge is 0.303 e. The quantitative estimate of drug-likeness (QED) is 0.400. The molecule has 2 aromatic rings. The van der Waals surface area contributed by atoms with E-state index < -0.39 is 5.97 Å². The number of hydrogen-bond donors (Lipinski definition) is 1. The summed E-state index contributed by atoms with van der Waals surface area (Å²) in [6.45, 7) is 2.87. The van der Waals surface area contributed by atoms with Gasteiger partial charge >= 0.3 is 5.97 Å². The van der Waals surface area contributed by atoms with Crippen LogP contribution >= 0.6 is 0 Å². The number of benzene rings is 1. The summed E-state index contributed by atoms with van der Waals surface area (Å²) in [6, 6.07) is 8.00. The van der Waals surface area contributed by atoms with Gasteiger partial charge in [0, 0.05) is 41.5 Å². The molecule has 4 heteroatoms. The summed E-state index contributed by atoms with van der Waals surface area (Å²) in [4.78, 5) is 24.1. The average Bonchev–Trinajstić information content (AvgIpc) is 3.07. The molecule has 0 amide bonds. The number of carbonyl (C=O) groups excluding carboxylic acids is 1. The molecule has 0 atom stereocenters. The average molecular weight is 384 g/mol. The second-order valence-corrected chi connectivity index (χ2v) is 8.33. The highest BCUT2D eigenvalue weighted by molar-refractivity contribution is 6.09. The zero-order chi connectivity index (χ0) is 19.9. The van der Waals surface area contributed by atoms with Crippen LogP contribution in [0.25, 0.3) is 10.9 Å². The number of Topliss-reactive ketones (excluding diaryl/α,β-unsaturated/α-hetero) is 1. The highest BCUT2D eigenvalue weighted by Crippen LogP contribution is 2.35. The van der Waals surface area contributed by atoms with Crippen molar-refractivity contribution in [2.75, 3.05) is 0 Å². The molecule has 1 aromatic carbocycles. The number of fused-ring (bicyclic) bond motifs is 1. The largest absolute Gasteiger partial charge is 0.481 e. The maximum Gasteiger partial charge on any atom is 0.303 e. The van der Waals surface area contributed by atoms with Crippen molar-refractivity contribution in [2.45, 2.75) is 77.7 Å². The number of para-hydroxylation sites is 1. The Morgan fingerprint density at radius 1 is 1.07 bits per heavy atom. The first-order valence-corrected chi connectivity index (χ1v) is 10.9. The third-order valence-electron chi connectivity index (χ3n) is 6.28. The van der Waals surface area contributed by atoms with Crippen LogP contribution in [0.2, 0.25) is 0 Å². The number of carbonyl (C=O) groups is 2. The molecule has 1 heterocycles. The maximum absolute atomic E-state index is 13.3. The molecule has 0 unspecified atom stereocenters. The van der Waals surface area contributed by atoms with E-state index in [2.05, 4.69) is 11.5 Å². The summed E-state index contributed by atoms with van der Waals surface area (Å²) in [7, 11) is 0. The lowest BCUT2D eigenvalue weighted by molar-refractivity contribution is -0.137. The fourth-order valence-corrected chi connectivity index (χ4v) is 4.64. The van der Waals surface area contributed by atoms with Gasteiger partial charge in [0.15, 0.2) is 5.78 Å². The Balaban J connectivity index is 1.67. The van der Waals surface area contributed by atoms with Crippen LogP contribution in [-0.2, 0) is 11.3 Å². The molecule has 0 saturated heterocycles. The molecule has 0 radical (unpaired) electrons. The van der Waals surface area contributed by atoms with E-state index in [1.54, 1.807) is 0 Å². The van der Waals surface area contributed by atoms with Gasteiger partial charge in [-0.2, -0.15) is 0 Å². The molecule has 3 rings (SSSR count). The monoisotopic (exact) mass is 383 g/mol. The van der Waals surface area contributed by atoms with E-state index in [1.807, 2.05) is 30.5 Å². The van der Waals surface area contributed by atoms with Crippen LogP contribution in [0.1, 0.15) is 81.5 Å². The van der Waals surface area contributed by atoms with Gasteiger partial charge in [0.2, 0.25) is 0 Å². The summed E-state index contributed by atoms with van der Waals surface area (Å²) in [5.41, 5.74) is 1.85. The molecule has 28 heavy (non-hydrogen) atoms. The summed E-state index contributed by atoms with van der Waals surface area (Å²) in [5, 5.41) is 9.90. The molecule has 0 bridgehead atoms. The molecule has 0 aliphatic heterocycles. The highest BCUT2D eigenvalue weighted by atomic mass is 16.4. The van der Waals surface area contributed by atoms with Gasteiger partial charge in [0.1, 0.15) is 0 Å². The Bertz CT molecular complexity index is 799. The lowest BCUT2D eigenvalue weighted by Gasteiger charge is -2.27. The zero-order valence-corrected chi connectivity index (χ0v) is 17.0. The minimum Gasteiger partial charge on any atom is -0.481 e. The Labute approximate surface area is 167 Å². The zero-order valence-electron chi connectivity index (χ0n) is 17.0. The number of carboxylic acid groups (broad SMARTS) is 1. The van der Waals surface area contributed by atoms with E-state index in [4.69, 9.17) is 5.11 Å². The van der Waals surface area contributed by atoms with Crippen molar-refractivity contribution < 1.29 is 14.7 Å². The van der Waals surface area contributed by atoms with Crippen molar-refractivity contribution in [3.05, 3.63) is 36.0 Å². The predicted octanol–water partition coefficient (Wildman–Crippen LogP) is 6.08. The van der Waals surface area contributed by atoms with Crippen molar-refractivity contribution in [2.24, 2.45) is 11.8 Å². The Morgan fingerprint density at radius 3 is 2.54 bits per heavy atom. The molecule has 4 nitrogen and oxygen atoms in total. The van der Waals surface area contributed by atoms with Crippen LogP contribution in [0.5, 0.6) is 0 Å². The van der Waals surface area contributed by atoms with E-state index in [0.717, 1.165) is 35.2 Å². The van der Waals surface area contributed by atoms with E-state index in [1.165, 1.54) is 38.5 Å². The van der Waals surface area contributed by atoms with Gasteiger partial charge in [0.05, 0.1) is 0 Å². The SMILES string of the molecule is CCCCCC1CCC(C(=O)c2cn(CCCC(=O)O)c3ccccc23)CC1. The fourth-order valence-electron chi connectivity index (χ4n) is 4.64. The number of aliphatic carboxylic acids is 1. The Morgan fingerprint density at radius 2 is 1.82 bits per heavy atom.